The molecule has 0 heterocycles. The zero-order valence-electron chi connectivity index (χ0n) is 10.9. The number of sulfonamides is 1. The number of nitrogens with zero attached hydrogens (tertiary/aromatic N) is 2. The second-order valence-electron chi connectivity index (χ2n) is 4.02. The van der Waals surface area contributed by atoms with Gasteiger partial charge in [0.25, 0.3) is 0 Å². The summed E-state index contributed by atoms with van der Waals surface area (Å²) in [4.78, 5) is -0.426. The number of nitriles is 1. The minimum atomic E-state index is -4.62. The van der Waals surface area contributed by atoms with Gasteiger partial charge in [0, 0.05) is 6.54 Å². The van der Waals surface area contributed by atoms with Crippen molar-refractivity contribution in [3.63, 3.8) is 0 Å². The minimum absolute atomic E-state index is 0.00553. The average molecular weight is 306 g/mol. The van der Waals surface area contributed by atoms with Crippen molar-refractivity contribution in [1.82, 2.24) is 4.31 Å². The van der Waals surface area contributed by atoms with Crippen molar-refractivity contribution >= 4 is 10.0 Å². The predicted molar refractivity (Wildman–Crippen MR) is 66.2 cm³/mol. The van der Waals surface area contributed by atoms with E-state index in [1.807, 2.05) is 0 Å². The third kappa shape index (κ3) is 3.11. The van der Waals surface area contributed by atoms with E-state index >= 15 is 0 Å². The summed E-state index contributed by atoms with van der Waals surface area (Å²) in [6.07, 6.45) is -4.62. The number of hydrogen-bond donors (Lipinski definition) is 0. The van der Waals surface area contributed by atoms with E-state index in [-0.39, 0.29) is 12.1 Å². The molecule has 0 fully saturated rings. The van der Waals surface area contributed by atoms with Crippen molar-refractivity contribution in [3.05, 3.63) is 29.3 Å². The largest absolute Gasteiger partial charge is 0.416 e. The van der Waals surface area contributed by atoms with Crippen molar-refractivity contribution in [2.24, 2.45) is 0 Å². The fourth-order valence-corrected chi connectivity index (χ4v) is 3.38. The van der Waals surface area contributed by atoms with Gasteiger partial charge in [-0.3, -0.25) is 0 Å². The van der Waals surface area contributed by atoms with E-state index in [9.17, 15) is 21.6 Å². The Bertz CT molecular complexity index is 633. The number of alkyl halides is 3. The molecule has 1 aromatic rings. The van der Waals surface area contributed by atoms with E-state index in [1.54, 1.807) is 6.07 Å². The van der Waals surface area contributed by atoms with Crippen molar-refractivity contribution in [1.29, 1.82) is 5.26 Å². The molecule has 1 rings (SSSR count). The lowest BCUT2D eigenvalue weighted by Crippen LogP contribution is -2.32. The molecule has 0 atom stereocenters. The quantitative estimate of drug-likeness (QED) is 0.803. The van der Waals surface area contributed by atoms with E-state index in [0.29, 0.717) is 0 Å². The molecule has 0 saturated heterocycles. The molecule has 0 spiro atoms. The lowest BCUT2D eigenvalue weighted by atomic mass is 10.1. The lowest BCUT2D eigenvalue weighted by Gasteiger charge is -2.20. The van der Waals surface area contributed by atoms with Gasteiger partial charge >= 0.3 is 6.18 Å². The van der Waals surface area contributed by atoms with Crippen molar-refractivity contribution in [3.8, 4) is 6.07 Å². The molecule has 0 aliphatic carbocycles. The van der Waals surface area contributed by atoms with Gasteiger partial charge in [0.15, 0.2) is 0 Å². The van der Waals surface area contributed by atoms with Crippen LogP contribution in [0.25, 0.3) is 0 Å². The molecule has 0 N–H and O–H groups in total. The van der Waals surface area contributed by atoms with E-state index in [2.05, 4.69) is 0 Å². The smallest absolute Gasteiger partial charge is 0.207 e. The lowest BCUT2D eigenvalue weighted by molar-refractivity contribution is -0.138. The van der Waals surface area contributed by atoms with Gasteiger partial charge in [0.05, 0.1) is 16.5 Å². The molecule has 0 bridgehead atoms. The van der Waals surface area contributed by atoms with Crippen molar-refractivity contribution < 1.29 is 21.6 Å². The van der Waals surface area contributed by atoms with Crippen LogP contribution in [-0.2, 0) is 16.2 Å². The summed E-state index contributed by atoms with van der Waals surface area (Å²) in [5.74, 6) is 0. The van der Waals surface area contributed by atoms with Crippen LogP contribution >= 0.6 is 0 Å². The molecule has 4 nitrogen and oxygen atoms in total. The molecule has 1 aromatic carbocycles. The molecule has 0 amide bonds. The first kappa shape index (κ1) is 16.5. The summed E-state index contributed by atoms with van der Waals surface area (Å²) >= 11 is 0. The average Bonchev–Trinajstić information content (AvgIpc) is 2.34. The molecule has 110 valence electrons. The van der Waals surface area contributed by atoms with Gasteiger partial charge in [-0.2, -0.15) is 22.7 Å². The maximum Gasteiger partial charge on any atom is 0.416 e. The van der Waals surface area contributed by atoms with Crippen molar-refractivity contribution in [2.75, 3.05) is 13.1 Å². The third-order valence-corrected chi connectivity index (χ3v) is 4.87. The van der Waals surface area contributed by atoms with Crippen LogP contribution < -0.4 is 0 Å². The second kappa shape index (κ2) is 5.81. The third-order valence-electron chi connectivity index (χ3n) is 2.81. The minimum Gasteiger partial charge on any atom is -0.207 e. The summed E-state index contributed by atoms with van der Waals surface area (Å²) in [5.41, 5.74) is -1.36. The van der Waals surface area contributed by atoms with Crippen LogP contribution in [0, 0.1) is 18.3 Å². The fourth-order valence-electron chi connectivity index (χ4n) is 1.79. The highest BCUT2D eigenvalue weighted by molar-refractivity contribution is 7.89. The first-order valence-corrected chi connectivity index (χ1v) is 7.14. The Morgan fingerprint density at radius 3 is 2.40 bits per heavy atom. The van der Waals surface area contributed by atoms with Gasteiger partial charge in [-0.15, -0.1) is 0 Å². The standard InChI is InChI=1S/C12H13F3N2O2S/c1-3-17(8-7-16)20(18,19)11-6-4-5-10(9(11)2)12(13,14)15/h4-6H,3,8H2,1-2H3. The Labute approximate surface area is 115 Å². The van der Waals surface area contributed by atoms with Gasteiger partial charge < -0.3 is 0 Å². The molecule has 20 heavy (non-hydrogen) atoms. The van der Waals surface area contributed by atoms with Gasteiger partial charge in [0.1, 0.15) is 6.54 Å². The summed E-state index contributed by atoms with van der Waals surface area (Å²) in [6, 6.07) is 4.67. The fraction of sp³-hybridized carbons (Fsp3) is 0.417. The highest BCUT2D eigenvalue weighted by Crippen LogP contribution is 2.34. The SMILES string of the molecule is CCN(CC#N)S(=O)(=O)c1cccc(C(F)(F)F)c1C. The zero-order valence-corrected chi connectivity index (χ0v) is 11.7. The molecule has 8 heteroatoms. The molecule has 0 aromatic heterocycles. The monoisotopic (exact) mass is 306 g/mol. The normalized spacial score (nSPS) is 12.4. The van der Waals surface area contributed by atoms with E-state index in [4.69, 9.17) is 5.26 Å². The second-order valence-corrected chi connectivity index (χ2v) is 5.92. The first-order valence-electron chi connectivity index (χ1n) is 5.70. The summed E-state index contributed by atoms with van der Waals surface area (Å²) in [7, 11) is -4.12. The topological polar surface area (TPSA) is 61.2 Å². The van der Waals surface area contributed by atoms with Gasteiger partial charge in [0.2, 0.25) is 10.0 Å². The van der Waals surface area contributed by atoms with Crippen molar-refractivity contribution in [2.45, 2.75) is 24.9 Å². The molecular weight excluding hydrogens is 293 g/mol. The molecule has 0 unspecified atom stereocenters. The Hall–Kier alpha value is -1.59. The highest BCUT2D eigenvalue weighted by Gasteiger charge is 2.35. The van der Waals surface area contributed by atoms with Crippen LogP contribution in [0.2, 0.25) is 0 Å². The molecule has 0 aliphatic heterocycles. The molecule has 0 aliphatic rings. The van der Waals surface area contributed by atoms with E-state index < -0.39 is 33.2 Å². The number of rotatable bonds is 4. The summed E-state index contributed by atoms with van der Waals surface area (Å²) in [5, 5.41) is 8.60. The van der Waals surface area contributed by atoms with Crippen LogP contribution in [-0.4, -0.2) is 25.8 Å². The maximum absolute atomic E-state index is 12.8. The van der Waals surface area contributed by atoms with Crippen LogP contribution in [0.1, 0.15) is 18.1 Å². The zero-order chi connectivity index (χ0) is 15.6. The van der Waals surface area contributed by atoms with Crippen LogP contribution in [0.5, 0.6) is 0 Å². The van der Waals surface area contributed by atoms with E-state index in [0.717, 1.165) is 29.4 Å². The van der Waals surface area contributed by atoms with Crippen LogP contribution in [0.15, 0.2) is 23.1 Å². The number of benzene rings is 1. The maximum atomic E-state index is 12.8. The molecular formula is C12H13F3N2O2S. The molecule has 0 saturated carbocycles. The Balaban J connectivity index is 3.45. The van der Waals surface area contributed by atoms with Gasteiger partial charge in [-0.05, 0) is 24.6 Å². The van der Waals surface area contributed by atoms with Crippen LogP contribution in [0.3, 0.4) is 0 Å². The summed E-state index contributed by atoms with van der Waals surface area (Å²) < 4.78 is 63.7. The first-order chi connectivity index (χ1) is 9.16. The molecule has 0 radical (unpaired) electrons. The number of hydrogen-bond acceptors (Lipinski definition) is 3. The van der Waals surface area contributed by atoms with Gasteiger partial charge in [-0.25, -0.2) is 8.42 Å². The summed E-state index contributed by atoms with van der Waals surface area (Å²) in [6.45, 7) is 2.22. The number of halogens is 3. The van der Waals surface area contributed by atoms with E-state index in [1.165, 1.54) is 6.92 Å². The Kier molecular flexibility index (Phi) is 4.78. The van der Waals surface area contributed by atoms with Crippen LogP contribution in [0.4, 0.5) is 13.2 Å². The Morgan fingerprint density at radius 1 is 1.35 bits per heavy atom. The van der Waals surface area contributed by atoms with Gasteiger partial charge in [-0.1, -0.05) is 13.0 Å². The highest BCUT2D eigenvalue weighted by atomic mass is 32.2. The predicted octanol–water partition coefficient (Wildman–Crippen LogP) is 2.55. The Morgan fingerprint density at radius 2 is 1.95 bits per heavy atom.